The van der Waals surface area contributed by atoms with Crippen LogP contribution in [0.1, 0.15) is 18.4 Å². The van der Waals surface area contributed by atoms with Crippen molar-refractivity contribution in [2.45, 2.75) is 12.8 Å². The summed E-state index contributed by atoms with van der Waals surface area (Å²) in [5, 5.41) is 18.0. The van der Waals surface area contributed by atoms with E-state index in [2.05, 4.69) is 15.8 Å². The number of hydrazone groups is 1. The Labute approximate surface area is 126 Å². The average Bonchev–Trinajstić information content (AvgIpc) is 2.49. The van der Waals surface area contributed by atoms with Gasteiger partial charge in [-0.2, -0.15) is 5.10 Å². The van der Waals surface area contributed by atoms with Crippen LogP contribution in [0.25, 0.3) is 0 Å². The van der Waals surface area contributed by atoms with Crippen molar-refractivity contribution >= 4 is 29.4 Å². The van der Waals surface area contributed by atoms with Crippen molar-refractivity contribution < 1.29 is 9.72 Å². The highest BCUT2D eigenvalue weighted by Gasteiger charge is 2.20. The quantitative estimate of drug-likeness (QED) is 0.502. The first-order chi connectivity index (χ1) is 10.1. The molecule has 2 N–H and O–H groups in total. The Bertz CT molecular complexity index is 571. The molecular weight excluding hydrogens is 296 g/mol. The highest BCUT2D eigenvalue weighted by molar-refractivity contribution is 6.33. The van der Waals surface area contributed by atoms with Crippen LogP contribution in [-0.2, 0) is 4.79 Å². The van der Waals surface area contributed by atoms with Crippen molar-refractivity contribution in [2.75, 3.05) is 13.1 Å². The number of nitro benzene ring substituents is 1. The van der Waals surface area contributed by atoms with E-state index in [-0.39, 0.29) is 17.5 Å². The first-order valence-corrected chi connectivity index (χ1v) is 6.93. The number of halogens is 1. The number of piperidine rings is 1. The van der Waals surface area contributed by atoms with Crippen LogP contribution >= 0.6 is 11.6 Å². The minimum Gasteiger partial charge on any atom is -0.317 e. The lowest BCUT2D eigenvalue weighted by Crippen LogP contribution is -2.36. The summed E-state index contributed by atoms with van der Waals surface area (Å²) in [5.41, 5.74) is 2.76. The highest BCUT2D eigenvalue weighted by atomic mass is 35.5. The van der Waals surface area contributed by atoms with Gasteiger partial charge in [0.05, 0.1) is 11.1 Å². The van der Waals surface area contributed by atoms with Crippen molar-refractivity contribution in [1.82, 2.24) is 10.7 Å². The Balaban J connectivity index is 1.99. The summed E-state index contributed by atoms with van der Waals surface area (Å²) in [6, 6.07) is 4.05. The predicted molar refractivity (Wildman–Crippen MR) is 79.4 cm³/mol. The number of nitrogens with zero attached hydrogens (tertiary/aromatic N) is 2. The summed E-state index contributed by atoms with van der Waals surface area (Å²) >= 11 is 5.93. The molecule has 1 aliphatic rings. The van der Waals surface area contributed by atoms with Crippen LogP contribution in [0.4, 0.5) is 5.69 Å². The number of nitro groups is 1. The number of benzene rings is 1. The molecule has 8 heteroatoms. The van der Waals surface area contributed by atoms with Crippen LogP contribution in [-0.4, -0.2) is 30.1 Å². The zero-order valence-electron chi connectivity index (χ0n) is 11.2. The van der Waals surface area contributed by atoms with Gasteiger partial charge in [-0.1, -0.05) is 11.6 Å². The maximum absolute atomic E-state index is 11.9. The summed E-state index contributed by atoms with van der Waals surface area (Å²) < 4.78 is 0. The van der Waals surface area contributed by atoms with Gasteiger partial charge in [0, 0.05) is 28.6 Å². The average molecular weight is 311 g/mol. The Morgan fingerprint density at radius 3 is 2.86 bits per heavy atom. The molecule has 1 amide bonds. The molecule has 0 bridgehead atoms. The lowest BCUT2D eigenvalue weighted by molar-refractivity contribution is -0.384. The molecule has 21 heavy (non-hydrogen) atoms. The van der Waals surface area contributed by atoms with Crippen molar-refractivity contribution in [2.24, 2.45) is 11.0 Å². The summed E-state index contributed by atoms with van der Waals surface area (Å²) in [5.74, 6) is -0.196. The van der Waals surface area contributed by atoms with Gasteiger partial charge < -0.3 is 5.32 Å². The molecule has 0 radical (unpaired) electrons. The van der Waals surface area contributed by atoms with Gasteiger partial charge in [0.1, 0.15) is 0 Å². The first-order valence-electron chi connectivity index (χ1n) is 6.55. The van der Waals surface area contributed by atoms with E-state index in [1.807, 2.05) is 0 Å². The number of rotatable bonds is 4. The number of carbonyl (C=O) groups is 1. The molecule has 0 aliphatic carbocycles. The van der Waals surface area contributed by atoms with E-state index in [1.165, 1.54) is 24.4 Å². The van der Waals surface area contributed by atoms with Crippen molar-refractivity contribution in [1.29, 1.82) is 0 Å². The van der Waals surface area contributed by atoms with Gasteiger partial charge in [-0.25, -0.2) is 5.43 Å². The second-order valence-electron chi connectivity index (χ2n) is 4.72. The van der Waals surface area contributed by atoms with E-state index in [9.17, 15) is 14.9 Å². The third-order valence-electron chi connectivity index (χ3n) is 3.28. The molecule has 0 spiro atoms. The SMILES string of the molecule is O=C(N/N=C/c1cc([N+](=O)[O-])ccc1Cl)C1CCNCC1. The van der Waals surface area contributed by atoms with Gasteiger partial charge in [0.2, 0.25) is 5.91 Å². The van der Waals surface area contributed by atoms with Gasteiger partial charge in [-0.05, 0) is 32.0 Å². The standard InChI is InChI=1S/C13H15ClN4O3/c14-12-2-1-11(18(20)21)7-10(12)8-16-17-13(19)9-3-5-15-6-4-9/h1-2,7-9,15H,3-6H2,(H,17,19)/b16-8+. The molecule has 0 unspecified atom stereocenters. The van der Waals surface area contributed by atoms with Crippen LogP contribution in [0.3, 0.4) is 0 Å². The molecular formula is C13H15ClN4O3. The minimum absolute atomic E-state index is 0.0519. The maximum atomic E-state index is 11.9. The lowest BCUT2D eigenvalue weighted by atomic mass is 9.98. The molecule has 112 valence electrons. The fraction of sp³-hybridized carbons (Fsp3) is 0.385. The first kappa shape index (κ1) is 15.4. The highest BCUT2D eigenvalue weighted by Crippen LogP contribution is 2.20. The predicted octanol–water partition coefficient (Wildman–Crippen LogP) is 1.70. The van der Waals surface area contributed by atoms with E-state index in [1.54, 1.807) is 0 Å². The second-order valence-corrected chi connectivity index (χ2v) is 5.13. The normalized spacial score (nSPS) is 16.0. The number of amides is 1. The maximum Gasteiger partial charge on any atom is 0.270 e. The van der Waals surface area contributed by atoms with Crippen molar-refractivity contribution in [3.05, 3.63) is 38.9 Å². The number of nitrogens with one attached hydrogen (secondary N) is 2. The van der Waals surface area contributed by atoms with Crippen LogP contribution in [0.5, 0.6) is 0 Å². The lowest BCUT2D eigenvalue weighted by Gasteiger charge is -2.20. The molecule has 7 nitrogen and oxygen atoms in total. The third kappa shape index (κ3) is 4.24. The molecule has 0 atom stereocenters. The second kappa shape index (κ2) is 7.14. The van der Waals surface area contributed by atoms with Gasteiger partial charge in [-0.15, -0.1) is 0 Å². The molecule has 1 aromatic carbocycles. The Morgan fingerprint density at radius 1 is 1.48 bits per heavy atom. The topological polar surface area (TPSA) is 96.6 Å². The molecule has 1 heterocycles. The third-order valence-corrected chi connectivity index (χ3v) is 3.62. The molecule has 1 aromatic rings. The van der Waals surface area contributed by atoms with E-state index >= 15 is 0 Å². The smallest absolute Gasteiger partial charge is 0.270 e. The molecule has 1 fully saturated rings. The Kier molecular flexibility index (Phi) is 5.24. The molecule has 2 rings (SSSR count). The molecule has 1 aliphatic heterocycles. The summed E-state index contributed by atoms with van der Waals surface area (Å²) in [6.45, 7) is 1.64. The molecule has 0 saturated carbocycles. The van der Waals surface area contributed by atoms with Gasteiger partial charge in [0.25, 0.3) is 5.69 Å². The van der Waals surface area contributed by atoms with Crippen LogP contribution in [0.15, 0.2) is 23.3 Å². The molecule has 0 aromatic heterocycles. The van der Waals surface area contributed by atoms with Crippen LogP contribution in [0, 0.1) is 16.0 Å². The fourth-order valence-corrected chi connectivity index (χ4v) is 2.25. The Morgan fingerprint density at radius 2 is 2.19 bits per heavy atom. The van der Waals surface area contributed by atoms with Gasteiger partial charge >= 0.3 is 0 Å². The summed E-state index contributed by atoms with van der Waals surface area (Å²) in [4.78, 5) is 22.0. The number of non-ortho nitro benzene ring substituents is 1. The summed E-state index contributed by atoms with van der Waals surface area (Å²) in [7, 11) is 0. The number of hydrogen-bond donors (Lipinski definition) is 2. The fourth-order valence-electron chi connectivity index (χ4n) is 2.08. The number of hydrogen-bond acceptors (Lipinski definition) is 5. The van der Waals surface area contributed by atoms with Crippen molar-refractivity contribution in [3.63, 3.8) is 0 Å². The molecule has 1 saturated heterocycles. The van der Waals surface area contributed by atoms with Crippen LogP contribution < -0.4 is 10.7 Å². The van der Waals surface area contributed by atoms with E-state index < -0.39 is 4.92 Å². The zero-order chi connectivity index (χ0) is 15.2. The van der Waals surface area contributed by atoms with Crippen molar-refractivity contribution in [3.8, 4) is 0 Å². The Hall–Kier alpha value is -1.99. The van der Waals surface area contributed by atoms with E-state index in [0.717, 1.165) is 25.9 Å². The van der Waals surface area contributed by atoms with Gasteiger partial charge in [0.15, 0.2) is 0 Å². The van der Waals surface area contributed by atoms with E-state index in [4.69, 9.17) is 11.6 Å². The zero-order valence-corrected chi connectivity index (χ0v) is 12.0. The summed E-state index contributed by atoms with van der Waals surface area (Å²) in [6.07, 6.45) is 2.87. The van der Waals surface area contributed by atoms with Crippen LogP contribution in [0.2, 0.25) is 5.02 Å². The largest absolute Gasteiger partial charge is 0.317 e. The number of carbonyl (C=O) groups excluding carboxylic acids is 1. The minimum atomic E-state index is -0.513. The monoisotopic (exact) mass is 310 g/mol. The van der Waals surface area contributed by atoms with Gasteiger partial charge in [-0.3, -0.25) is 14.9 Å². The van der Waals surface area contributed by atoms with E-state index in [0.29, 0.717) is 10.6 Å².